The molecule has 1 unspecified atom stereocenters. The third kappa shape index (κ3) is 4.90. The molecule has 1 saturated heterocycles. The number of morpholine rings is 1. The number of thioether (sulfide) groups is 1. The first kappa shape index (κ1) is 18.5. The second-order valence-corrected chi connectivity index (χ2v) is 8.57. The molecule has 0 radical (unpaired) electrons. The summed E-state index contributed by atoms with van der Waals surface area (Å²) in [7, 11) is 0. The van der Waals surface area contributed by atoms with Crippen LogP contribution in [0.2, 0.25) is 0 Å². The third-order valence-corrected chi connectivity index (χ3v) is 6.55. The SMILES string of the molecule is CSc1ccc(CN2CCOC(COc3ccc(-n4cncn4)cc3)C2)s1. The summed E-state index contributed by atoms with van der Waals surface area (Å²) in [6.45, 7) is 4.15. The average molecular weight is 403 g/mol. The molecule has 3 aromatic rings. The predicted molar refractivity (Wildman–Crippen MR) is 108 cm³/mol. The van der Waals surface area contributed by atoms with Crippen molar-refractivity contribution >= 4 is 23.1 Å². The molecule has 1 aliphatic rings. The first-order valence-electron chi connectivity index (χ1n) is 8.84. The van der Waals surface area contributed by atoms with Gasteiger partial charge < -0.3 is 9.47 Å². The van der Waals surface area contributed by atoms with Crippen LogP contribution in [0.3, 0.4) is 0 Å². The van der Waals surface area contributed by atoms with Crippen LogP contribution < -0.4 is 4.74 Å². The molecule has 1 atom stereocenters. The van der Waals surface area contributed by atoms with E-state index in [-0.39, 0.29) is 6.10 Å². The summed E-state index contributed by atoms with van der Waals surface area (Å²) in [6.07, 6.45) is 5.41. The van der Waals surface area contributed by atoms with E-state index >= 15 is 0 Å². The Morgan fingerprint density at radius 3 is 2.89 bits per heavy atom. The Kier molecular flexibility index (Phi) is 6.08. The van der Waals surface area contributed by atoms with E-state index in [0.29, 0.717) is 6.61 Å². The fraction of sp³-hybridized carbons (Fsp3) is 0.368. The molecule has 2 aromatic heterocycles. The van der Waals surface area contributed by atoms with Crippen LogP contribution in [-0.2, 0) is 11.3 Å². The molecule has 0 aliphatic carbocycles. The number of rotatable bonds is 7. The smallest absolute Gasteiger partial charge is 0.138 e. The third-order valence-electron chi connectivity index (χ3n) is 4.40. The lowest BCUT2D eigenvalue weighted by Crippen LogP contribution is -2.44. The molecule has 1 fully saturated rings. The Hall–Kier alpha value is -1.87. The summed E-state index contributed by atoms with van der Waals surface area (Å²) in [4.78, 5) is 7.81. The van der Waals surface area contributed by atoms with Gasteiger partial charge in [0.15, 0.2) is 0 Å². The molecule has 0 amide bonds. The molecule has 27 heavy (non-hydrogen) atoms. The number of ether oxygens (including phenoxy) is 2. The highest BCUT2D eigenvalue weighted by Gasteiger charge is 2.21. The minimum absolute atomic E-state index is 0.0914. The highest BCUT2D eigenvalue weighted by Crippen LogP contribution is 2.26. The zero-order valence-electron chi connectivity index (χ0n) is 15.2. The summed E-state index contributed by atoms with van der Waals surface area (Å²) < 4.78 is 14.9. The largest absolute Gasteiger partial charge is 0.491 e. The predicted octanol–water partition coefficient (Wildman–Crippen LogP) is 3.33. The Labute approximate surface area is 167 Å². The maximum atomic E-state index is 5.94. The van der Waals surface area contributed by atoms with Crippen molar-refractivity contribution in [2.75, 3.05) is 32.6 Å². The van der Waals surface area contributed by atoms with Crippen LogP contribution in [0.15, 0.2) is 53.3 Å². The minimum atomic E-state index is 0.0914. The lowest BCUT2D eigenvalue weighted by atomic mass is 10.2. The maximum Gasteiger partial charge on any atom is 0.138 e. The van der Waals surface area contributed by atoms with Crippen LogP contribution >= 0.6 is 23.1 Å². The van der Waals surface area contributed by atoms with E-state index < -0.39 is 0 Å². The van der Waals surface area contributed by atoms with Gasteiger partial charge in [0.05, 0.1) is 16.5 Å². The van der Waals surface area contributed by atoms with Gasteiger partial charge in [-0.3, -0.25) is 4.90 Å². The molecule has 8 heteroatoms. The quantitative estimate of drug-likeness (QED) is 0.565. The summed E-state index contributed by atoms with van der Waals surface area (Å²) in [6, 6.07) is 12.3. The van der Waals surface area contributed by atoms with Crippen molar-refractivity contribution in [1.82, 2.24) is 19.7 Å². The summed E-state index contributed by atoms with van der Waals surface area (Å²) in [5, 5.41) is 4.12. The van der Waals surface area contributed by atoms with Crippen molar-refractivity contribution in [1.29, 1.82) is 0 Å². The number of nitrogens with zero attached hydrogens (tertiary/aromatic N) is 4. The monoisotopic (exact) mass is 402 g/mol. The molecule has 1 aliphatic heterocycles. The lowest BCUT2D eigenvalue weighted by Gasteiger charge is -2.32. The van der Waals surface area contributed by atoms with Crippen molar-refractivity contribution < 1.29 is 9.47 Å². The Morgan fingerprint density at radius 2 is 2.15 bits per heavy atom. The number of thiophene rings is 1. The number of hydrogen-bond acceptors (Lipinski definition) is 7. The summed E-state index contributed by atoms with van der Waals surface area (Å²) in [5.74, 6) is 0.836. The van der Waals surface area contributed by atoms with Crippen molar-refractivity contribution in [3.63, 3.8) is 0 Å². The minimum Gasteiger partial charge on any atom is -0.491 e. The zero-order chi connectivity index (χ0) is 18.5. The molecule has 3 heterocycles. The van der Waals surface area contributed by atoms with Gasteiger partial charge in [-0.2, -0.15) is 5.10 Å². The first-order chi connectivity index (χ1) is 13.3. The summed E-state index contributed by atoms with van der Waals surface area (Å²) >= 11 is 3.68. The van der Waals surface area contributed by atoms with Gasteiger partial charge in [0.25, 0.3) is 0 Å². The van der Waals surface area contributed by atoms with E-state index in [1.54, 1.807) is 22.8 Å². The summed E-state index contributed by atoms with van der Waals surface area (Å²) in [5.41, 5.74) is 0.959. The van der Waals surface area contributed by atoms with Gasteiger partial charge in [-0.1, -0.05) is 0 Å². The van der Waals surface area contributed by atoms with Gasteiger partial charge in [0.2, 0.25) is 0 Å². The van der Waals surface area contributed by atoms with Gasteiger partial charge >= 0.3 is 0 Å². The number of hydrogen-bond donors (Lipinski definition) is 0. The van der Waals surface area contributed by atoms with Crippen LogP contribution in [0.25, 0.3) is 5.69 Å². The number of aromatic nitrogens is 3. The second kappa shape index (κ2) is 8.88. The molecule has 0 spiro atoms. The van der Waals surface area contributed by atoms with E-state index in [9.17, 15) is 0 Å². The van der Waals surface area contributed by atoms with Gasteiger partial charge in [0.1, 0.15) is 31.1 Å². The maximum absolute atomic E-state index is 5.94. The molecule has 1 aromatic carbocycles. The van der Waals surface area contributed by atoms with Gasteiger partial charge in [-0.05, 0) is 42.7 Å². The molecule has 4 rings (SSSR count). The van der Waals surface area contributed by atoms with Crippen LogP contribution in [0, 0.1) is 0 Å². The van der Waals surface area contributed by atoms with Crippen molar-refractivity contribution in [3.05, 3.63) is 53.9 Å². The van der Waals surface area contributed by atoms with Crippen LogP contribution in [-0.4, -0.2) is 58.3 Å². The average Bonchev–Trinajstić information content (AvgIpc) is 3.39. The van der Waals surface area contributed by atoms with Gasteiger partial charge in [-0.15, -0.1) is 23.1 Å². The molecule has 0 bridgehead atoms. The van der Waals surface area contributed by atoms with Gasteiger partial charge in [0, 0.05) is 24.5 Å². The Bertz CT molecular complexity index is 836. The second-order valence-electron chi connectivity index (χ2n) is 6.30. The Morgan fingerprint density at radius 1 is 1.26 bits per heavy atom. The van der Waals surface area contributed by atoms with Crippen LogP contribution in [0.5, 0.6) is 5.75 Å². The zero-order valence-corrected chi connectivity index (χ0v) is 16.8. The van der Waals surface area contributed by atoms with Gasteiger partial charge in [-0.25, -0.2) is 9.67 Å². The topological polar surface area (TPSA) is 52.4 Å². The molecule has 0 N–H and O–H groups in total. The van der Waals surface area contributed by atoms with E-state index in [0.717, 1.165) is 37.7 Å². The van der Waals surface area contributed by atoms with E-state index in [1.165, 1.54) is 15.4 Å². The lowest BCUT2D eigenvalue weighted by molar-refractivity contribution is -0.0501. The highest BCUT2D eigenvalue weighted by molar-refractivity contribution is 8.00. The fourth-order valence-electron chi connectivity index (χ4n) is 3.02. The van der Waals surface area contributed by atoms with E-state index in [1.807, 2.05) is 35.6 Å². The fourth-order valence-corrected chi connectivity index (χ4v) is 4.66. The van der Waals surface area contributed by atoms with E-state index in [4.69, 9.17) is 9.47 Å². The standard InChI is InChI=1S/C19H22N4O2S2/c1-26-19-7-6-18(27-19)11-22-8-9-24-17(10-22)12-25-16-4-2-15(3-5-16)23-14-20-13-21-23/h2-7,13-14,17H,8-12H2,1H3. The highest BCUT2D eigenvalue weighted by atomic mass is 32.2. The number of benzene rings is 1. The van der Waals surface area contributed by atoms with Crippen molar-refractivity contribution in [2.24, 2.45) is 0 Å². The van der Waals surface area contributed by atoms with Crippen molar-refractivity contribution in [3.8, 4) is 11.4 Å². The van der Waals surface area contributed by atoms with E-state index in [2.05, 4.69) is 33.4 Å². The molecule has 0 saturated carbocycles. The Balaban J connectivity index is 1.27. The molecule has 6 nitrogen and oxygen atoms in total. The van der Waals surface area contributed by atoms with Crippen LogP contribution in [0.1, 0.15) is 4.88 Å². The molecule has 142 valence electrons. The van der Waals surface area contributed by atoms with Crippen molar-refractivity contribution in [2.45, 2.75) is 16.9 Å². The van der Waals surface area contributed by atoms with Crippen LogP contribution in [0.4, 0.5) is 0 Å². The first-order valence-corrected chi connectivity index (χ1v) is 10.9. The molecular weight excluding hydrogens is 380 g/mol. The molecular formula is C19H22N4O2S2. The normalized spacial score (nSPS) is 17.9.